The van der Waals surface area contributed by atoms with Crippen molar-refractivity contribution in [2.45, 2.75) is 39.3 Å². The first kappa shape index (κ1) is 23.5. The molecule has 0 aliphatic carbocycles. The van der Waals surface area contributed by atoms with Crippen LogP contribution in [0, 0.1) is 0 Å². The molecule has 1 aromatic carbocycles. The smallest absolute Gasteiger partial charge is 0.388 e. The number of amides is 2. The van der Waals surface area contributed by atoms with Gasteiger partial charge in [0.1, 0.15) is 11.4 Å². The predicted octanol–water partition coefficient (Wildman–Crippen LogP) is 1.49. The van der Waals surface area contributed by atoms with Crippen molar-refractivity contribution in [1.82, 2.24) is 25.1 Å². The van der Waals surface area contributed by atoms with Crippen molar-refractivity contribution in [2.24, 2.45) is 0 Å². The molecule has 12 nitrogen and oxygen atoms in total. The third-order valence-corrected chi connectivity index (χ3v) is 6.33. The predicted molar refractivity (Wildman–Crippen MR) is 133 cm³/mol. The summed E-state index contributed by atoms with van der Waals surface area (Å²) in [5.74, 6) is 0.337. The zero-order valence-corrected chi connectivity index (χ0v) is 20.2. The maximum Gasteiger partial charge on any atom is 0.437 e. The number of fused-ring (bicyclic) bond motifs is 3. The zero-order valence-electron chi connectivity index (χ0n) is 20.2. The van der Waals surface area contributed by atoms with E-state index in [4.69, 9.17) is 4.42 Å². The van der Waals surface area contributed by atoms with E-state index in [0.29, 0.717) is 41.7 Å². The summed E-state index contributed by atoms with van der Waals surface area (Å²) in [6.45, 7) is 5.86. The monoisotopic (exact) mass is 492 g/mol. The summed E-state index contributed by atoms with van der Waals surface area (Å²) in [6.07, 6.45) is 3.57. The zero-order chi connectivity index (χ0) is 25.2. The van der Waals surface area contributed by atoms with Crippen molar-refractivity contribution in [3.05, 3.63) is 46.6 Å². The number of carbonyl (C=O) groups excluding carboxylic acids is 2. The molecule has 188 valence electrons. The minimum atomic E-state index is -0.615. The summed E-state index contributed by atoms with van der Waals surface area (Å²) < 4.78 is 6.53. The number of hydrogen-bond acceptors (Lipinski definition) is 9. The van der Waals surface area contributed by atoms with Crippen LogP contribution in [-0.4, -0.2) is 63.8 Å². The van der Waals surface area contributed by atoms with Crippen LogP contribution in [0.25, 0.3) is 11.5 Å². The van der Waals surface area contributed by atoms with Crippen LogP contribution in [0.4, 0.5) is 17.5 Å². The molecule has 1 saturated heterocycles. The van der Waals surface area contributed by atoms with Crippen LogP contribution in [0.3, 0.4) is 0 Å². The van der Waals surface area contributed by atoms with E-state index in [1.807, 2.05) is 13.0 Å². The molecule has 1 unspecified atom stereocenters. The quantitative estimate of drug-likeness (QED) is 0.502. The third kappa shape index (κ3) is 4.53. The molecule has 0 bridgehead atoms. The molecule has 3 aromatic rings. The number of nitrogens with one attached hydrogen (secondary N) is 2. The van der Waals surface area contributed by atoms with Crippen molar-refractivity contribution in [3.63, 3.8) is 0 Å². The lowest BCUT2D eigenvalue weighted by atomic mass is 10.1. The van der Waals surface area contributed by atoms with Crippen LogP contribution in [-0.2, 0) is 11.3 Å². The largest absolute Gasteiger partial charge is 0.437 e. The van der Waals surface area contributed by atoms with E-state index in [1.54, 1.807) is 29.3 Å². The summed E-state index contributed by atoms with van der Waals surface area (Å²) in [4.78, 5) is 50.0. The van der Waals surface area contributed by atoms with Gasteiger partial charge in [0.2, 0.25) is 17.7 Å². The minimum Gasteiger partial charge on any atom is -0.388 e. The Morgan fingerprint density at radius 1 is 1.28 bits per heavy atom. The lowest BCUT2D eigenvalue weighted by Crippen LogP contribution is -2.39. The lowest BCUT2D eigenvalue weighted by molar-refractivity contribution is -0.119. The second-order valence-electron chi connectivity index (χ2n) is 8.80. The van der Waals surface area contributed by atoms with Gasteiger partial charge in [-0.2, -0.15) is 9.67 Å². The summed E-state index contributed by atoms with van der Waals surface area (Å²) >= 11 is 0. The van der Waals surface area contributed by atoms with Crippen LogP contribution in [0.2, 0.25) is 0 Å². The highest BCUT2D eigenvalue weighted by Gasteiger charge is 2.37. The fraction of sp³-hybridized carbons (Fsp3) is 0.417. The van der Waals surface area contributed by atoms with Gasteiger partial charge >= 0.3 is 5.76 Å². The number of anilines is 3. The van der Waals surface area contributed by atoms with E-state index in [-0.39, 0.29) is 36.8 Å². The lowest BCUT2D eigenvalue weighted by Gasteiger charge is -2.27. The van der Waals surface area contributed by atoms with Crippen LogP contribution in [0.1, 0.15) is 37.0 Å². The molecule has 12 heteroatoms. The summed E-state index contributed by atoms with van der Waals surface area (Å²) in [7, 11) is 0. The van der Waals surface area contributed by atoms with Crippen molar-refractivity contribution in [3.8, 4) is 11.5 Å². The first-order chi connectivity index (χ1) is 17.4. The van der Waals surface area contributed by atoms with Gasteiger partial charge in [-0.1, -0.05) is 6.07 Å². The average Bonchev–Trinajstić information content (AvgIpc) is 3.46. The first-order valence-electron chi connectivity index (χ1n) is 12.1. The number of benzene rings is 1. The van der Waals surface area contributed by atoms with E-state index >= 15 is 0 Å². The summed E-state index contributed by atoms with van der Waals surface area (Å²) in [6, 6.07) is 7.35. The molecule has 2 aliphatic heterocycles. The van der Waals surface area contributed by atoms with Crippen LogP contribution < -0.4 is 26.2 Å². The number of hydrogen-bond donors (Lipinski definition) is 2. The molecule has 0 spiro atoms. The molecular formula is C24H28N8O4. The topological polar surface area (TPSA) is 138 Å². The van der Waals surface area contributed by atoms with Crippen molar-refractivity contribution >= 4 is 29.3 Å². The van der Waals surface area contributed by atoms with Gasteiger partial charge in [0.05, 0.1) is 6.54 Å². The number of nitrogens with zero attached hydrogens (tertiary/aromatic N) is 6. The maximum atomic E-state index is 13.7. The van der Waals surface area contributed by atoms with E-state index < -0.39 is 5.76 Å². The molecular weight excluding hydrogens is 464 g/mol. The van der Waals surface area contributed by atoms with E-state index in [1.165, 1.54) is 11.6 Å². The molecule has 1 fully saturated rings. The fourth-order valence-electron chi connectivity index (χ4n) is 4.66. The Morgan fingerprint density at radius 3 is 2.94 bits per heavy atom. The van der Waals surface area contributed by atoms with Gasteiger partial charge in [0.25, 0.3) is 5.91 Å². The molecule has 4 heterocycles. The SMILES string of the molecule is CCNc1ncc2c(n1)N1CCCC1CN(c1cccc(-c3nn(CCNC(C)=O)c(=O)o3)c1)C2=O. The molecule has 0 saturated carbocycles. The van der Waals surface area contributed by atoms with E-state index in [9.17, 15) is 14.4 Å². The van der Waals surface area contributed by atoms with Crippen molar-refractivity contribution in [1.29, 1.82) is 0 Å². The van der Waals surface area contributed by atoms with Crippen LogP contribution in [0.5, 0.6) is 0 Å². The summed E-state index contributed by atoms with van der Waals surface area (Å²) in [5, 5.41) is 10.0. The molecule has 0 radical (unpaired) electrons. The molecule has 2 amide bonds. The highest BCUT2D eigenvalue weighted by atomic mass is 16.4. The minimum absolute atomic E-state index is 0.133. The highest BCUT2D eigenvalue weighted by Crippen LogP contribution is 2.34. The molecule has 2 aromatic heterocycles. The standard InChI is InChI=1S/C24H28N8O4/c1-3-25-23-27-13-19-20(28-23)30-10-5-8-18(30)14-31(22(19)34)17-7-4-6-16(12-17)21-29-32(24(35)36-21)11-9-26-15(2)33/h4,6-7,12-13,18H,3,5,8-11,14H2,1-2H3,(H,26,33)(H,25,27,28). The Balaban J connectivity index is 1.46. The third-order valence-electron chi connectivity index (χ3n) is 6.33. The number of aromatic nitrogens is 4. The first-order valence-corrected chi connectivity index (χ1v) is 12.1. The van der Waals surface area contributed by atoms with Gasteiger partial charge in [0, 0.05) is 56.6 Å². The summed E-state index contributed by atoms with van der Waals surface area (Å²) in [5.41, 5.74) is 1.70. The number of carbonyl (C=O) groups is 2. The van der Waals surface area contributed by atoms with E-state index in [0.717, 1.165) is 19.4 Å². The van der Waals surface area contributed by atoms with Gasteiger partial charge in [0.15, 0.2) is 0 Å². The number of rotatable bonds is 7. The molecule has 36 heavy (non-hydrogen) atoms. The van der Waals surface area contributed by atoms with Gasteiger partial charge in [-0.3, -0.25) is 9.59 Å². The fourth-order valence-corrected chi connectivity index (χ4v) is 4.66. The van der Waals surface area contributed by atoms with Crippen LogP contribution >= 0.6 is 0 Å². The van der Waals surface area contributed by atoms with Gasteiger partial charge in [-0.25, -0.2) is 9.78 Å². The molecule has 5 rings (SSSR count). The Kier molecular flexibility index (Phi) is 6.40. The molecule has 2 N–H and O–H groups in total. The van der Waals surface area contributed by atoms with Gasteiger partial charge in [-0.15, -0.1) is 5.10 Å². The molecule has 1 atom stereocenters. The van der Waals surface area contributed by atoms with Crippen LogP contribution in [0.15, 0.2) is 39.7 Å². The van der Waals surface area contributed by atoms with Crippen molar-refractivity contribution in [2.75, 3.05) is 41.3 Å². The Labute approximate surface area is 207 Å². The van der Waals surface area contributed by atoms with Crippen molar-refractivity contribution < 1.29 is 14.0 Å². The highest BCUT2D eigenvalue weighted by molar-refractivity contribution is 6.10. The Morgan fingerprint density at radius 2 is 2.14 bits per heavy atom. The second kappa shape index (κ2) is 9.80. The average molecular weight is 493 g/mol. The maximum absolute atomic E-state index is 13.7. The van der Waals surface area contributed by atoms with E-state index in [2.05, 4.69) is 30.6 Å². The normalized spacial score (nSPS) is 16.9. The second-order valence-corrected chi connectivity index (χ2v) is 8.80. The van der Waals surface area contributed by atoms with Gasteiger partial charge in [-0.05, 0) is 38.0 Å². The Hall–Kier alpha value is -4.22. The van der Waals surface area contributed by atoms with Gasteiger partial charge < -0.3 is 24.9 Å². The Bertz CT molecular complexity index is 1350. The molecule has 2 aliphatic rings.